The molecule has 1 aromatic heterocycles. The smallest absolute Gasteiger partial charge is 0.201 e. The lowest BCUT2D eigenvalue weighted by molar-refractivity contribution is 0.467. The highest BCUT2D eigenvalue weighted by Crippen LogP contribution is 2.36. The number of benzene rings is 1. The van der Waals surface area contributed by atoms with Gasteiger partial charge in [-0.15, -0.1) is 11.8 Å². The van der Waals surface area contributed by atoms with Gasteiger partial charge in [0.15, 0.2) is 10.3 Å². The molecule has 17 heavy (non-hydrogen) atoms. The van der Waals surface area contributed by atoms with Crippen LogP contribution in [-0.4, -0.2) is 16.2 Å². The van der Waals surface area contributed by atoms with Crippen LogP contribution in [0.3, 0.4) is 0 Å². The molecule has 0 aliphatic carbocycles. The van der Waals surface area contributed by atoms with E-state index in [2.05, 4.69) is 9.97 Å². The second kappa shape index (κ2) is 5.58. The van der Waals surface area contributed by atoms with Gasteiger partial charge >= 0.3 is 0 Å². The van der Waals surface area contributed by atoms with E-state index in [0.29, 0.717) is 5.75 Å². The number of thioether (sulfide) groups is 1. The Bertz CT molecular complexity index is 516. The first-order valence-electron chi connectivity index (χ1n) is 4.69. The molecule has 0 atom stereocenters. The molecule has 3 nitrogen and oxygen atoms in total. The predicted molar refractivity (Wildman–Crippen MR) is 70.3 cm³/mol. The Morgan fingerprint density at radius 1 is 1.12 bits per heavy atom. The van der Waals surface area contributed by atoms with Crippen molar-refractivity contribution in [3.8, 4) is 11.5 Å². The Morgan fingerprint density at radius 3 is 2.41 bits per heavy atom. The number of ether oxygens (including phenoxy) is 1. The molecule has 88 valence electrons. The van der Waals surface area contributed by atoms with Gasteiger partial charge in [-0.05, 0) is 18.4 Å². The zero-order chi connectivity index (χ0) is 12.3. The summed E-state index contributed by atoms with van der Waals surface area (Å²) in [5.41, 5.74) is 0. The molecule has 0 aliphatic heterocycles. The van der Waals surface area contributed by atoms with Gasteiger partial charge in [-0.1, -0.05) is 35.3 Å². The topological polar surface area (TPSA) is 35.0 Å². The number of halogens is 2. The average molecular weight is 287 g/mol. The molecule has 2 rings (SSSR count). The van der Waals surface area contributed by atoms with E-state index in [9.17, 15) is 0 Å². The molecule has 0 amide bonds. The fourth-order valence-corrected chi connectivity index (χ4v) is 2.15. The Morgan fingerprint density at radius 2 is 1.76 bits per heavy atom. The van der Waals surface area contributed by atoms with Crippen molar-refractivity contribution in [2.45, 2.75) is 4.90 Å². The van der Waals surface area contributed by atoms with Gasteiger partial charge in [0.05, 0.1) is 0 Å². The van der Waals surface area contributed by atoms with Crippen LogP contribution in [0.2, 0.25) is 10.3 Å². The first-order valence-corrected chi connectivity index (χ1v) is 6.67. The van der Waals surface area contributed by atoms with Crippen molar-refractivity contribution in [3.05, 3.63) is 40.9 Å². The van der Waals surface area contributed by atoms with Crippen LogP contribution in [0.15, 0.2) is 35.5 Å². The summed E-state index contributed by atoms with van der Waals surface area (Å²) in [7, 11) is 0. The summed E-state index contributed by atoms with van der Waals surface area (Å²) in [4.78, 5) is 8.65. The molecule has 0 saturated carbocycles. The summed E-state index contributed by atoms with van der Waals surface area (Å²) in [6, 6.07) is 7.60. The van der Waals surface area contributed by atoms with Gasteiger partial charge in [0.25, 0.3) is 0 Å². The molecular formula is C11H8Cl2N2OS. The fourth-order valence-electron chi connectivity index (χ4n) is 1.23. The predicted octanol–water partition coefficient (Wildman–Crippen LogP) is 4.30. The summed E-state index contributed by atoms with van der Waals surface area (Å²) >= 11 is 13.4. The molecule has 0 fully saturated rings. The molecule has 0 saturated heterocycles. The average Bonchev–Trinajstić information content (AvgIpc) is 2.34. The number of aromatic nitrogens is 2. The second-order valence-corrected chi connectivity index (χ2v) is 4.60. The minimum atomic E-state index is 0.195. The standard InChI is InChI=1S/C11H8Cl2N2OS/c1-17-8-5-3-2-4-7(8)16-9-10(12)14-6-15-11(9)13/h2-6H,1H3. The minimum absolute atomic E-state index is 0.195. The maximum atomic E-state index is 5.91. The quantitative estimate of drug-likeness (QED) is 0.623. The third-order valence-electron chi connectivity index (χ3n) is 2.00. The Labute approximate surface area is 113 Å². The van der Waals surface area contributed by atoms with E-state index in [1.807, 2.05) is 30.5 Å². The molecule has 0 radical (unpaired) electrons. The van der Waals surface area contributed by atoms with Gasteiger partial charge < -0.3 is 4.74 Å². The van der Waals surface area contributed by atoms with E-state index in [-0.39, 0.29) is 16.1 Å². The summed E-state index contributed by atoms with van der Waals surface area (Å²) in [6.45, 7) is 0. The minimum Gasteiger partial charge on any atom is -0.450 e. The van der Waals surface area contributed by atoms with E-state index in [0.717, 1.165) is 4.90 Å². The van der Waals surface area contributed by atoms with Gasteiger partial charge in [-0.2, -0.15) is 0 Å². The van der Waals surface area contributed by atoms with Crippen LogP contribution >= 0.6 is 35.0 Å². The number of para-hydroxylation sites is 1. The lowest BCUT2D eigenvalue weighted by Crippen LogP contribution is -1.92. The molecule has 2 aromatic rings. The first kappa shape index (κ1) is 12.5. The summed E-state index contributed by atoms with van der Waals surface area (Å²) < 4.78 is 5.65. The molecule has 0 aliphatic rings. The van der Waals surface area contributed by atoms with Crippen LogP contribution in [0, 0.1) is 0 Å². The van der Waals surface area contributed by atoms with Crippen molar-refractivity contribution in [2.24, 2.45) is 0 Å². The van der Waals surface area contributed by atoms with Crippen molar-refractivity contribution in [3.63, 3.8) is 0 Å². The Kier molecular flexibility index (Phi) is 4.10. The van der Waals surface area contributed by atoms with E-state index in [1.54, 1.807) is 11.8 Å². The fraction of sp³-hybridized carbons (Fsp3) is 0.0909. The van der Waals surface area contributed by atoms with Gasteiger partial charge in [0.1, 0.15) is 12.1 Å². The van der Waals surface area contributed by atoms with Gasteiger partial charge in [-0.3, -0.25) is 0 Å². The maximum Gasteiger partial charge on any atom is 0.201 e. The van der Waals surface area contributed by atoms with Gasteiger partial charge in [0, 0.05) is 4.90 Å². The molecule has 0 unspecified atom stereocenters. The monoisotopic (exact) mass is 286 g/mol. The summed E-state index contributed by atoms with van der Waals surface area (Å²) in [6.07, 6.45) is 3.25. The van der Waals surface area contributed by atoms with Crippen molar-refractivity contribution >= 4 is 35.0 Å². The van der Waals surface area contributed by atoms with Crippen LogP contribution in [0.25, 0.3) is 0 Å². The molecule has 0 spiro atoms. The number of rotatable bonds is 3. The molecule has 0 bridgehead atoms. The van der Waals surface area contributed by atoms with Crippen molar-refractivity contribution in [1.29, 1.82) is 0 Å². The maximum absolute atomic E-state index is 5.91. The lowest BCUT2D eigenvalue weighted by Gasteiger charge is -2.10. The summed E-state index contributed by atoms with van der Waals surface area (Å²) in [5, 5.41) is 0.391. The van der Waals surface area contributed by atoms with E-state index in [4.69, 9.17) is 27.9 Å². The van der Waals surface area contributed by atoms with Crippen LogP contribution in [0.5, 0.6) is 11.5 Å². The number of hydrogen-bond acceptors (Lipinski definition) is 4. The molecule has 1 aromatic carbocycles. The highest BCUT2D eigenvalue weighted by molar-refractivity contribution is 7.98. The van der Waals surface area contributed by atoms with E-state index >= 15 is 0 Å². The second-order valence-electron chi connectivity index (χ2n) is 3.04. The van der Waals surface area contributed by atoms with Crippen molar-refractivity contribution in [2.75, 3.05) is 6.26 Å². The lowest BCUT2D eigenvalue weighted by atomic mass is 10.3. The normalized spacial score (nSPS) is 10.3. The number of hydrogen-bond donors (Lipinski definition) is 0. The third-order valence-corrected chi connectivity index (χ3v) is 3.31. The van der Waals surface area contributed by atoms with E-state index < -0.39 is 0 Å². The van der Waals surface area contributed by atoms with Crippen molar-refractivity contribution in [1.82, 2.24) is 9.97 Å². The number of nitrogens with zero attached hydrogens (tertiary/aromatic N) is 2. The third kappa shape index (κ3) is 2.83. The van der Waals surface area contributed by atoms with Crippen LogP contribution in [0.4, 0.5) is 0 Å². The Hall–Kier alpha value is -0.970. The molecule has 6 heteroatoms. The first-order chi connectivity index (χ1) is 8.22. The van der Waals surface area contributed by atoms with Crippen LogP contribution < -0.4 is 4.74 Å². The largest absolute Gasteiger partial charge is 0.450 e. The van der Waals surface area contributed by atoms with Crippen molar-refractivity contribution < 1.29 is 4.74 Å². The Balaban J connectivity index is 2.38. The SMILES string of the molecule is CSc1ccccc1Oc1c(Cl)ncnc1Cl. The van der Waals surface area contributed by atoms with Gasteiger partial charge in [0.2, 0.25) is 5.75 Å². The zero-order valence-electron chi connectivity index (χ0n) is 8.85. The summed E-state index contributed by atoms with van der Waals surface area (Å²) in [5.74, 6) is 0.955. The zero-order valence-corrected chi connectivity index (χ0v) is 11.2. The highest BCUT2D eigenvalue weighted by atomic mass is 35.5. The van der Waals surface area contributed by atoms with E-state index in [1.165, 1.54) is 6.33 Å². The highest BCUT2D eigenvalue weighted by Gasteiger charge is 2.12. The molecule has 1 heterocycles. The van der Waals surface area contributed by atoms with Crippen LogP contribution in [-0.2, 0) is 0 Å². The van der Waals surface area contributed by atoms with Crippen LogP contribution in [0.1, 0.15) is 0 Å². The molecule has 0 N–H and O–H groups in total. The van der Waals surface area contributed by atoms with Gasteiger partial charge in [-0.25, -0.2) is 9.97 Å². The molecular weight excluding hydrogens is 279 g/mol.